The first kappa shape index (κ1) is 15.3. The average molecular weight is 340 g/mol. The number of aryl methyl sites for hydroxylation is 3. The largest absolute Gasteiger partial charge is 0.311 e. The van der Waals surface area contributed by atoms with Gasteiger partial charge in [-0.25, -0.2) is 4.98 Å². The van der Waals surface area contributed by atoms with Gasteiger partial charge in [-0.2, -0.15) is 9.78 Å². The van der Waals surface area contributed by atoms with Crippen molar-refractivity contribution in [2.75, 3.05) is 5.32 Å². The van der Waals surface area contributed by atoms with Crippen LogP contribution in [0, 0.1) is 6.92 Å². The number of nitrogens with zero attached hydrogens (tertiary/aromatic N) is 3. The van der Waals surface area contributed by atoms with Crippen LogP contribution in [0.4, 0.5) is 5.82 Å². The predicted molar refractivity (Wildman–Crippen MR) is 97.0 cm³/mol. The van der Waals surface area contributed by atoms with Gasteiger partial charge in [-0.3, -0.25) is 4.79 Å². The van der Waals surface area contributed by atoms with Gasteiger partial charge < -0.3 is 5.32 Å². The Morgan fingerprint density at radius 1 is 1.25 bits per heavy atom. The molecule has 4 rings (SSSR count). The van der Waals surface area contributed by atoms with E-state index in [2.05, 4.69) is 22.5 Å². The zero-order chi connectivity index (χ0) is 16.7. The van der Waals surface area contributed by atoms with Crippen molar-refractivity contribution in [3.05, 3.63) is 35.0 Å². The van der Waals surface area contributed by atoms with Crippen LogP contribution in [0.3, 0.4) is 0 Å². The fraction of sp³-hybridized carbons (Fsp3) is 0.389. The Kier molecular flexibility index (Phi) is 3.84. The van der Waals surface area contributed by atoms with Crippen molar-refractivity contribution in [1.82, 2.24) is 14.8 Å². The van der Waals surface area contributed by atoms with Crippen molar-refractivity contribution in [2.45, 2.75) is 46.0 Å². The standard InChI is InChI=1S/C18H20N4OS/c1-3-17(23)20-16-8-11(2)21-22(16)18-19-14-9-12-6-4-5-7-13(12)10-15(14)24-18/h8-10H,3-7H2,1-2H3,(H,20,23). The fourth-order valence-corrected chi connectivity index (χ4v) is 4.18. The molecule has 0 bridgehead atoms. The Hall–Kier alpha value is -2.21. The van der Waals surface area contributed by atoms with Crippen molar-refractivity contribution < 1.29 is 4.79 Å². The highest BCUT2D eigenvalue weighted by Gasteiger charge is 2.16. The minimum Gasteiger partial charge on any atom is -0.311 e. The highest BCUT2D eigenvalue weighted by Crippen LogP contribution is 2.32. The van der Waals surface area contributed by atoms with Crippen LogP contribution >= 0.6 is 11.3 Å². The van der Waals surface area contributed by atoms with E-state index >= 15 is 0 Å². The summed E-state index contributed by atoms with van der Waals surface area (Å²) in [5, 5.41) is 8.22. The summed E-state index contributed by atoms with van der Waals surface area (Å²) in [5.74, 6) is 0.663. The summed E-state index contributed by atoms with van der Waals surface area (Å²) in [6, 6.07) is 6.39. The maximum Gasteiger partial charge on any atom is 0.225 e. The van der Waals surface area contributed by atoms with Crippen LogP contribution < -0.4 is 5.32 Å². The first-order valence-corrected chi connectivity index (χ1v) is 9.25. The second-order valence-corrected chi connectivity index (χ2v) is 7.29. The SMILES string of the molecule is CCC(=O)Nc1cc(C)nn1-c1nc2cc3c(cc2s1)CCCC3. The van der Waals surface area contributed by atoms with Crippen molar-refractivity contribution in [2.24, 2.45) is 0 Å². The van der Waals surface area contributed by atoms with E-state index in [-0.39, 0.29) is 5.91 Å². The number of thiazole rings is 1. The third kappa shape index (κ3) is 2.71. The molecular formula is C18H20N4OS. The Morgan fingerprint density at radius 3 is 2.75 bits per heavy atom. The number of rotatable bonds is 3. The fourth-order valence-electron chi connectivity index (χ4n) is 3.20. The topological polar surface area (TPSA) is 59.8 Å². The van der Waals surface area contributed by atoms with Gasteiger partial charge in [0, 0.05) is 12.5 Å². The Balaban J connectivity index is 1.78. The summed E-state index contributed by atoms with van der Waals surface area (Å²) in [6.07, 6.45) is 5.29. The number of carbonyl (C=O) groups is 1. The number of nitrogens with one attached hydrogen (secondary N) is 1. The lowest BCUT2D eigenvalue weighted by atomic mass is 9.92. The first-order valence-electron chi connectivity index (χ1n) is 8.43. The molecule has 0 saturated carbocycles. The maximum atomic E-state index is 11.8. The third-order valence-corrected chi connectivity index (χ3v) is 5.44. The number of hydrogen-bond acceptors (Lipinski definition) is 4. The van der Waals surface area contributed by atoms with Crippen LogP contribution in [0.2, 0.25) is 0 Å². The molecular weight excluding hydrogens is 320 g/mol. The molecule has 24 heavy (non-hydrogen) atoms. The molecule has 1 aromatic carbocycles. The first-order chi connectivity index (χ1) is 11.6. The molecule has 0 atom stereocenters. The second kappa shape index (κ2) is 6.02. The summed E-state index contributed by atoms with van der Waals surface area (Å²) < 4.78 is 2.93. The highest BCUT2D eigenvalue weighted by molar-refractivity contribution is 7.20. The highest BCUT2D eigenvalue weighted by atomic mass is 32.1. The molecule has 1 amide bonds. The molecule has 0 spiro atoms. The normalized spacial score (nSPS) is 13.9. The van der Waals surface area contributed by atoms with E-state index in [9.17, 15) is 4.79 Å². The monoisotopic (exact) mass is 340 g/mol. The van der Waals surface area contributed by atoms with Gasteiger partial charge >= 0.3 is 0 Å². The molecule has 2 heterocycles. The van der Waals surface area contributed by atoms with Gasteiger partial charge in [-0.15, -0.1) is 0 Å². The molecule has 2 aromatic heterocycles. The molecule has 5 nitrogen and oxygen atoms in total. The van der Waals surface area contributed by atoms with Gasteiger partial charge in [-0.1, -0.05) is 18.3 Å². The van der Waals surface area contributed by atoms with Gasteiger partial charge in [0.15, 0.2) is 0 Å². The zero-order valence-electron chi connectivity index (χ0n) is 13.9. The third-order valence-electron chi connectivity index (χ3n) is 4.44. The molecule has 124 valence electrons. The number of benzene rings is 1. The quantitative estimate of drug-likeness (QED) is 0.783. The Bertz CT molecular complexity index is 882. The number of amides is 1. The summed E-state index contributed by atoms with van der Waals surface area (Å²) in [7, 11) is 0. The van der Waals surface area contributed by atoms with Crippen LogP contribution in [-0.2, 0) is 17.6 Å². The maximum absolute atomic E-state index is 11.8. The number of aromatic nitrogens is 3. The molecule has 3 aromatic rings. The lowest BCUT2D eigenvalue weighted by Gasteiger charge is -2.14. The summed E-state index contributed by atoms with van der Waals surface area (Å²) in [6.45, 7) is 3.76. The second-order valence-electron chi connectivity index (χ2n) is 6.28. The number of fused-ring (bicyclic) bond motifs is 2. The molecule has 0 unspecified atom stereocenters. The van der Waals surface area contributed by atoms with Crippen molar-refractivity contribution in [1.29, 1.82) is 0 Å². The van der Waals surface area contributed by atoms with Gasteiger partial charge in [0.2, 0.25) is 11.0 Å². The van der Waals surface area contributed by atoms with E-state index in [1.54, 1.807) is 16.0 Å². The molecule has 1 aliphatic carbocycles. The smallest absolute Gasteiger partial charge is 0.225 e. The molecule has 6 heteroatoms. The summed E-state index contributed by atoms with van der Waals surface area (Å²) >= 11 is 1.62. The number of carbonyl (C=O) groups excluding carboxylic acids is 1. The van der Waals surface area contributed by atoms with E-state index in [0.717, 1.165) is 29.2 Å². The molecule has 0 radical (unpaired) electrons. The average Bonchev–Trinajstić information content (AvgIpc) is 3.14. The zero-order valence-corrected chi connectivity index (χ0v) is 14.7. The van der Waals surface area contributed by atoms with E-state index in [1.807, 2.05) is 19.9 Å². The van der Waals surface area contributed by atoms with Gasteiger partial charge in [-0.05, 0) is 55.9 Å². The summed E-state index contributed by atoms with van der Waals surface area (Å²) in [5.41, 5.74) is 4.78. The lowest BCUT2D eigenvalue weighted by Crippen LogP contribution is -2.13. The van der Waals surface area contributed by atoms with E-state index < -0.39 is 0 Å². The van der Waals surface area contributed by atoms with Crippen LogP contribution in [0.1, 0.15) is 43.0 Å². The molecule has 0 fully saturated rings. The van der Waals surface area contributed by atoms with E-state index in [4.69, 9.17) is 4.98 Å². The minimum atomic E-state index is -0.0206. The Labute approximate surface area is 144 Å². The van der Waals surface area contributed by atoms with Crippen LogP contribution in [0.15, 0.2) is 18.2 Å². The molecule has 0 saturated heterocycles. The number of hydrogen-bond donors (Lipinski definition) is 1. The van der Waals surface area contributed by atoms with Crippen LogP contribution in [0.25, 0.3) is 15.3 Å². The molecule has 1 N–H and O–H groups in total. The van der Waals surface area contributed by atoms with Gasteiger partial charge in [0.25, 0.3) is 0 Å². The summed E-state index contributed by atoms with van der Waals surface area (Å²) in [4.78, 5) is 16.5. The van der Waals surface area contributed by atoms with Crippen molar-refractivity contribution in [3.63, 3.8) is 0 Å². The van der Waals surface area contributed by atoms with Crippen LogP contribution in [-0.4, -0.2) is 20.7 Å². The van der Waals surface area contributed by atoms with E-state index in [1.165, 1.54) is 28.7 Å². The van der Waals surface area contributed by atoms with Gasteiger partial charge in [0.1, 0.15) is 5.82 Å². The van der Waals surface area contributed by atoms with Gasteiger partial charge in [0.05, 0.1) is 15.9 Å². The van der Waals surface area contributed by atoms with Crippen LogP contribution in [0.5, 0.6) is 0 Å². The Morgan fingerprint density at radius 2 is 2.00 bits per heavy atom. The molecule has 0 aliphatic heterocycles. The minimum absolute atomic E-state index is 0.0206. The number of anilines is 1. The lowest BCUT2D eigenvalue weighted by molar-refractivity contribution is -0.115. The predicted octanol–water partition coefficient (Wildman–Crippen LogP) is 4.02. The van der Waals surface area contributed by atoms with E-state index in [0.29, 0.717) is 12.2 Å². The van der Waals surface area contributed by atoms with Crippen molar-refractivity contribution >= 4 is 33.3 Å². The molecule has 1 aliphatic rings. The van der Waals surface area contributed by atoms with Crippen molar-refractivity contribution in [3.8, 4) is 5.13 Å².